The van der Waals surface area contributed by atoms with Crippen LogP contribution >= 0.6 is 0 Å². The molecule has 1 aliphatic rings. The van der Waals surface area contributed by atoms with Crippen molar-refractivity contribution in [2.45, 2.75) is 44.6 Å². The van der Waals surface area contributed by atoms with Gasteiger partial charge in [0.25, 0.3) is 0 Å². The minimum absolute atomic E-state index is 0.00206. The highest BCUT2D eigenvalue weighted by molar-refractivity contribution is 5.84. The van der Waals surface area contributed by atoms with Gasteiger partial charge in [-0.3, -0.25) is 4.79 Å². The third kappa shape index (κ3) is 4.06. The van der Waals surface area contributed by atoms with Gasteiger partial charge in [0.1, 0.15) is 0 Å². The van der Waals surface area contributed by atoms with E-state index in [0.717, 1.165) is 31.2 Å². The van der Waals surface area contributed by atoms with Crippen molar-refractivity contribution in [3.63, 3.8) is 0 Å². The van der Waals surface area contributed by atoms with Crippen LogP contribution in [0.1, 0.15) is 44.1 Å². The summed E-state index contributed by atoms with van der Waals surface area (Å²) in [6.07, 6.45) is 3.87. The number of nitrogens with one attached hydrogen (secondary N) is 1. The Morgan fingerprint density at radius 1 is 1.37 bits per heavy atom. The lowest BCUT2D eigenvalue weighted by Crippen LogP contribution is -2.37. The maximum atomic E-state index is 12.4. The molecule has 1 amide bonds. The molecule has 0 aromatic heterocycles. The number of carbonyl (C=O) groups excluding carboxylic acids is 1. The summed E-state index contributed by atoms with van der Waals surface area (Å²) in [7, 11) is 0. The Balaban J connectivity index is 1.98. The van der Waals surface area contributed by atoms with Gasteiger partial charge in [0.05, 0.1) is 5.92 Å². The van der Waals surface area contributed by atoms with E-state index in [0.29, 0.717) is 5.92 Å². The Morgan fingerprint density at radius 2 is 2.05 bits per heavy atom. The number of aliphatic hydroxyl groups is 1. The minimum Gasteiger partial charge on any atom is -0.396 e. The van der Waals surface area contributed by atoms with Gasteiger partial charge in [-0.1, -0.05) is 30.3 Å². The quantitative estimate of drug-likeness (QED) is 0.792. The third-order valence-corrected chi connectivity index (χ3v) is 3.72. The van der Waals surface area contributed by atoms with Crippen LogP contribution in [0, 0.1) is 5.92 Å². The molecule has 0 bridgehead atoms. The molecule has 0 spiro atoms. The summed E-state index contributed by atoms with van der Waals surface area (Å²) in [4.78, 5) is 12.4. The standard InChI is InChI=1S/C16H23NO2/c1-12(6-5-11-18)17-16(19)15(14-9-10-14)13-7-3-2-4-8-13/h2-4,7-8,12,14-15,18H,5-6,9-11H2,1H3,(H,17,19). The summed E-state index contributed by atoms with van der Waals surface area (Å²) < 4.78 is 0. The van der Waals surface area contributed by atoms with Gasteiger partial charge >= 0.3 is 0 Å². The molecule has 1 saturated carbocycles. The first-order valence-electron chi connectivity index (χ1n) is 7.18. The first-order chi connectivity index (χ1) is 9.22. The molecule has 3 heteroatoms. The molecule has 1 aliphatic carbocycles. The summed E-state index contributed by atoms with van der Waals surface area (Å²) in [5, 5.41) is 11.9. The van der Waals surface area contributed by atoms with Crippen LogP contribution in [0.25, 0.3) is 0 Å². The maximum absolute atomic E-state index is 12.4. The molecule has 0 radical (unpaired) electrons. The van der Waals surface area contributed by atoms with Crippen molar-refractivity contribution in [2.24, 2.45) is 5.92 Å². The van der Waals surface area contributed by atoms with E-state index in [1.165, 1.54) is 0 Å². The normalized spacial score (nSPS) is 17.8. The zero-order valence-corrected chi connectivity index (χ0v) is 11.5. The van der Waals surface area contributed by atoms with Crippen molar-refractivity contribution in [2.75, 3.05) is 6.61 Å². The van der Waals surface area contributed by atoms with Crippen LogP contribution in [0.5, 0.6) is 0 Å². The SMILES string of the molecule is CC(CCCO)NC(=O)C(c1ccccc1)C1CC1. The lowest BCUT2D eigenvalue weighted by atomic mass is 9.93. The molecule has 0 aliphatic heterocycles. The topological polar surface area (TPSA) is 49.3 Å². The van der Waals surface area contributed by atoms with E-state index < -0.39 is 0 Å². The lowest BCUT2D eigenvalue weighted by Gasteiger charge is -2.20. The van der Waals surface area contributed by atoms with Crippen LogP contribution in [0.2, 0.25) is 0 Å². The van der Waals surface area contributed by atoms with Crippen molar-refractivity contribution >= 4 is 5.91 Å². The molecule has 2 N–H and O–H groups in total. The monoisotopic (exact) mass is 261 g/mol. The van der Waals surface area contributed by atoms with E-state index in [-0.39, 0.29) is 24.5 Å². The lowest BCUT2D eigenvalue weighted by molar-refractivity contribution is -0.123. The second kappa shape index (κ2) is 6.71. The number of aliphatic hydroxyl groups excluding tert-OH is 1. The Labute approximate surface area is 115 Å². The van der Waals surface area contributed by atoms with E-state index in [2.05, 4.69) is 5.32 Å². The van der Waals surface area contributed by atoms with Crippen molar-refractivity contribution in [1.82, 2.24) is 5.32 Å². The molecule has 0 heterocycles. The molecular formula is C16H23NO2. The molecule has 2 unspecified atom stereocenters. The number of amides is 1. The first kappa shape index (κ1) is 14.1. The number of rotatable bonds is 7. The molecule has 19 heavy (non-hydrogen) atoms. The second-order valence-corrected chi connectivity index (χ2v) is 5.50. The van der Waals surface area contributed by atoms with Crippen LogP contribution in [0.3, 0.4) is 0 Å². The number of benzene rings is 1. The fourth-order valence-electron chi connectivity index (χ4n) is 2.53. The summed E-state index contributed by atoms with van der Waals surface area (Å²) in [6, 6.07) is 10.2. The van der Waals surface area contributed by atoms with Crippen molar-refractivity contribution in [3.8, 4) is 0 Å². The predicted octanol–water partition coefficient (Wildman–Crippen LogP) is 2.46. The molecule has 2 rings (SSSR count). The summed E-state index contributed by atoms with van der Waals surface area (Å²) in [5.74, 6) is 0.643. The van der Waals surface area contributed by atoms with E-state index in [1.54, 1.807) is 0 Å². The molecule has 3 nitrogen and oxygen atoms in total. The Kier molecular flexibility index (Phi) is 4.97. The molecule has 2 atom stereocenters. The highest BCUT2D eigenvalue weighted by atomic mass is 16.3. The van der Waals surface area contributed by atoms with E-state index in [1.807, 2.05) is 37.3 Å². The Bertz CT molecular complexity index is 400. The fourth-order valence-corrected chi connectivity index (χ4v) is 2.53. The fraction of sp³-hybridized carbons (Fsp3) is 0.562. The van der Waals surface area contributed by atoms with Gasteiger partial charge in [-0.05, 0) is 44.1 Å². The average molecular weight is 261 g/mol. The van der Waals surface area contributed by atoms with Gasteiger partial charge in [-0.2, -0.15) is 0 Å². The maximum Gasteiger partial charge on any atom is 0.228 e. The largest absolute Gasteiger partial charge is 0.396 e. The molecule has 1 fully saturated rings. The Hall–Kier alpha value is -1.35. The van der Waals surface area contributed by atoms with Crippen LogP contribution in [-0.4, -0.2) is 23.7 Å². The van der Waals surface area contributed by atoms with Crippen molar-refractivity contribution < 1.29 is 9.90 Å². The number of hydrogen-bond acceptors (Lipinski definition) is 2. The minimum atomic E-state index is -0.00206. The van der Waals surface area contributed by atoms with Crippen LogP contribution in [0.4, 0.5) is 0 Å². The van der Waals surface area contributed by atoms with Crippen LogP contribution < -0.4 is 5.32 Å². The second-order valence-electron chi connectivity index (χ2n) is 5.50. The highest BCUT2D eigenvalue weighted by Crippen LogP contribution is 2.42. The van der Waals surface area contributed by atoms with Gasteiger partial charge in [-0.25, -0.2) is 0 Å². The van der Waals surface area contributed by atoms with E-state index >= 15 is 0 Å². The van der Waals surface area contributed by atoms with Gasteiger partial charge in [0.2, 0.25) is 5.91 Å². The zero-order chi connectivity index (χ0) is 13.7. The summed E-state index contributed by atoms with van der Waals surface area (Å²) >= 11 is 0. The smallest absolute Gasteiger partial charge is 0.228 e. The van der Waals surface area contributed by atoms with Gasteiger partial charge < -0.3 is 10.4 Å². The van der Waals surface area contributed by atoms with Gasteiger partial charge in [-0.15, -0.1) is 0 Å². The molecule has 1 aromatic carbocycles. The highest BCUT2D eigenvalue weighted by Gasteiger charge is 2.37. The summed E-state index contributed by atoms with van der Waals surface area (Å²) in [6.45, 7) is 2.19. The first-order valence-corrected chi connectivity index (χ1v) is 7.18. The number of carbonyl (C=O) groups is 1. The zero-order valence-electron chi connectivity index (χ0n) is 11.5. The van der Waals surface area contributed by atoms with Crippen molar-refractivity contribution in [3.05, 3.63) is 35.9 Å². The molecule has 1 aromatic rings. The van der Waals surface area contributed by atoms with Gasteiger partial charge in [0.15, 0.2) is 0 Å². The third-order valence-electron chi connectivity index (χ3n) is 3.72. The molecule has 0 saturated heterocycles. The van der Waals surface area contributed by atoms with Crippen LogP contribution in [0.15, 0.2) is 30.3 Å². The predicted molar refractivity (Wildman–Crippen MR) is 75.8 cm³/mol. The Morgan fingerprint density at radius 3 is 2.63 bits per heavy atom. The molecular weight excluding hydrogens is 238 g/mol. The van der Waals surface area contributed by atoms with Crippen molar-refractivity contribution in [1.29, 1.82) is 0 Å². The van der Waals surface area contributed by atoms with Gasteiger partial charge in [0, 0.05) is 12.6 Å². The average Bonchev–Trinajstić information content (AvgIpc) is 3.22. The summed E-state index contributed by atoms with van der Waals surface area (Å²) in [5.41, 5.74) is 1.12. The molecule has 104 valence electrons. The van der Waals surface area contributed by atoms with Crippen LogP contribution in [-0.2, 0) is 4.79 Å². The van der Waals surface area contributed by atoms with E-state index in [4.69, 9.17) is 5.11 Å². The van der Waals surface area contributed by atoms with E-state index in [9.17, 15) is 4.79 Å². The number of hydrogen-bond donors (Lipinski definition) is 2.